The molecule has 0 aliphatic carbocycles. The number of hydrogen-bond donors (Lipinski definition) is 1. The number of hydrogen-bond acceptors (Lipinski definition) is 5. The van der Waals surface area contributed by atoms with E-state index in [1.54, 1.807) is 14.2 Å². The number of benzene rings is 1. The Kier molecular flexibility index (Phi) is 4.62. The molecule has 5 heteroatoms. The summed E-state index contributed by atoms with van der Waals surface area (Å²) in [4.78, 5) is 9.18. The second-order valence-electron chi connectivity index (χ2n) is 4.95. The van der Waals surface area contributed by atoms with E-state index in [9.17, 15) is 0 Å². The number of anilines is 1. The molecule has 0 saturated heterocycles. The van der Waals surface area contributed by atoms with Crippen molar-refractivity contribution in [3.05, 3.63) is 30.0 Å². The predicted octanol–water partition coefficient (Wildman–Crippen LogP) is 3.33. The summed E-state index contributed by atoms with van der Waals surface area (Å²) in [6, 6.07) is 7.65. The van der Waals surface area contributed by atoms with Crippen LogP contribution in [0.25, 0.3) is 11.4 Å². The van der Waals surface area contributed by atoms with E-state index in [2.05, 4.69) is 29.1 Å². The van der Waals surface area contributed by atoms with E-state index in [-0.39, 0.29) is 0 Å². The third-order valence-corrected chi connectivity index (χ3v) is 3.24. The van der Waals surface area contributed by atoms with Crippen molar-refractivity contribution in [2.75, 3.05) is 26.6 Å². The van der Waals surface area contributed by atoms with Crippen molar-refractivity contribution in [1.29, 1.82) is 0 Å². The lowest BCUT2D eigenvalue weighted by Crippen LogP contribution is -2.03. The molecule has 0 spiro atoms. The molecule has 0 unspecified atom stereocenters. The first-order valence-corrected chi connectivity index (χ1v) is 6.88. The molecular weight excluding hydrogens is 266 g/mol. The zero-order valence-electron chi connectivity index (χ0n) is 13.1. The average Bonchev–Trinajstić information content (AvgIpc) is 2.53. The van der Waals surface area contributed by atoms with Gasteiger partial charge in [-0.15, -0.1) is 0 Å². The minimum absolute atomic E-state index is 0.315. The molecule has 2 rings (SSSR count). The van der Waals surface area contributed by atoms with Gasteiger partial charge in [-0.2, -0.15) is 0 Å². The van der Waals surface area contributed by atoms with Crippen LogP contribution in [-0.4, -0.2) is 31.2 Å². The van der Waals surface area contributed by atoms with E-state index in [4.69, 9.17) is 9.47 Å². The Bertz CT molecular complexity index is 627. The van der Waals surface area contributed by atoms with Crippen molar-refractivity contribution < 1.29 is 9.47 Å². The summed E-state index contributed by atoms with van der Waals surface area (Å²) in [5.41, 5.74) is 1.80. The molecule has 1 aromatic carbocycles. The first-order chi connectivity index (χ1) is 10.1. The maximum atomic E-state index is 5.47. The van der Waals surface area contributed by atoms with Crippen LogP contribution in [0, 0.1) is 0 Å². The van der Waals surface area contributed by atoms with Gasteiger partial charge in [-0.05, 0) is 18.1 Å². The Labute approximate surface area is 125 Å². The molecular formula is C16H21N3O2. The third kappa shape index (κ3) is 3.07. The molecule has 0 atom stereocenters. The van der Waals surface area contributed by atoms with Crippen LogP contribution in [0.5, 0.6) is 11.5 Å². The van der Waals surface area contributed by atoms with Gasteiger partial charge in [0.15, 0.2) is 17.3 Å². The van der Waals surface area contributed by atoms with Gasteiger partial charge in [0.05, 0.1) is 19.8 Å². The molecule has 1 aromatic heterocycles. The Morgan fingerprint density at radius 2 is 1.86 bits per heavy atom. The van der Waals surface area contributed by atoms with Crippen LogP contribution in [0.2, 0.25) is 0 Å². The maximum absolute atomic E-state index is 5.47. The number of ether oxygens (including phenoxy) is 2. The van der Waals surface area contributed by atoms with E-state index in [0.29, 0.717) is 23.2 Å². The van der Waals surface area contributed by atoms with Crippen LogP contribution in [0.3, 0.4) is 0 Å². The van der Waals surface area contributed by atoms with Crippen LogP contribution in [0.1, 0.15) is 25.5 Å². The van der Waals surface area contributed by atoms with Gasteiger partial charge in [0.2, 0.25) is 0 Å². The topological polar surface area (TPSA) is 56.3 Å². The summed E-state index contributed by atoms with van der Waals surface area (Å²) < 4.78 is 10.8. The quantitative estimate of drug-likeness (QED) is 0.914. The molecule has 0 radical (unpaired) electrons. The normalized spacial score (nSPS) is 10.6. The fourth-order valence-corrected chi connectivity index (χ4v) is 2.07. The van der Waals surface area contributed by atoms with Gasteiger partial charge < -0.3 is 14.8 Å². The largest absolute Gasteiger partial charge is 0.493 e. The molecule has 112 valence electrons. The molecule has 0 aliphatic rings. The second-order valence-corrected chi connectivity index (χ2v) is 4.95. The monoisotopic (exact) mass is 287 g/mol. The van der Waals surface area contributed by atoms with Crippen LogP contribution < -0.4 is 14.8 Å². The highest BCUT2D eigenvalue weighted by Crippen LogP contribution is 2.37. The summed E-state index contributed by atoms with van der Waals surface area (Å²) in [6.45, 7) is 4.21. The molecule has 2 aromatic rings. The van der Waals surface area contributed by atoms with Crippen molar-refractivity contribution >= 4 is 5.82 Å². The number of aromatic nitrogens is 2. The molecule has 0 fully saturated rings. The van der Waals surface area contributed by atoms with E-state index in [1.807, 2.05) is 31.3 Å². The fraction of sp³-hybridized carbons (Fsp3) is 0.375. The second kappa shape index (κ2) is 6.43. The fourth-order valence-electron chi connectivity index (χ4n) is 2.07. The number of para-hydroxylation sites is 1. The maximum Gasteiger partial charge on any atom is 0.171 e. The molecule has 1 N–H and O–H groups in total. The highest BCUT2D eigenvalue weighted by atomic mass is 16.5. The van der Waals surface area contributed by atoms with Gasteiger partial charge in [0, 0.05) is 18.8 Å². The average molecular weight is 287 g/mol. The summed E-state index contributed by atoms with van der Waals surface area (Å²) in [6.07, 6.45) is 0. The molecule has 0 bridgehead atoms. The molecule has 0 aliphatic heterocycles. The van der Waals surface area contributed by atoms with E-state index >= 15 is 0 Å². The van der Waals surface area contributed by atoms with Crippen LogP contribution in [0.15, 0.2) is 24.3 Å². The zero-order chi connectivity index (χ0) is 15.4. The number of nitrogens with zero attached hydrogens (tertiary/aromatic N) is 2. The van der Waals surface area contributed by atoms with Gasteiger partial charge in [-0.1, -0.05) is 19.9 Å². The lowest BCUT2D eigenvalue weighted by molar-refractivity contribution is 0.356. The van der Waals surface area contributed by atoms with Crippen molar-refractivity contribution in [1.82, 2.24) is 9.97 Å². The van der Waals surface area contributed by atoms with E-state index in [0.717, 1.165) is 17.1 Å². The van der Waals surface area contributed by atoms with E-state index in [1.165, 1.54) is 0 Å². The summed E-state index contributed by atoms with van der Waals surface area (Å²) in [5.74, 6) is 3.04. The standard InChI is InChI=1S/C16H21N3O2/c1-10(2)12-9-14(17-3)19-16(18-12)11-7-6-8-13(20-4)15(11)21-5/h6-10H,1-5H3,(H,17,18,19). The number of methoxy groups -OCH3 is 2. The molecule has 0 amide bonds. The smallest absolute Gasteiger partial charge is 0.171 e. The lowest BCUT2D eigenvalue weighted by atomic mass is 10.1. The Balaban J connectivity index is 2.63. The number of rotatable bonds is 5. The van der Waals surface area contributed by atoms with Crippen molar-refractivity contribution in [3.8, 4) is 22.9 Å². The minimum atomic E-state index is 0.315. The summed E-state index contributed by atoms with van der Waals surface area (Å²) in [5, 5.41) is 3.08. The van der Waals surface area contributed by atoms with Gasteiger partial charge >= 0.3 is 0 Å². The molecule has 0 saturated carbocycles. The van der Waals surface area contributed by atoms with Gasteiger partial charge in [0.25, 0.3) is 0 Å². The lowest BCUT2D eigenvalue weighted by Gasteiger charge is -2.14. The van der Waals surface area contributed by atoms with Crippen molar-refractivity contribution in [2.45, 2.75) is 19.8 Å². The SMILES string of the molecule is CNc1cc(C(C)C)nc(-c2cccc(OC)c2OC)n1. The molecule has 5 nitrogen and oxygen atoms in total. The van der Waals surface area contributed by atoms with Crippen molar-refractivity contribution in [2.24, 2.45) is 0 Å². The zero-order valence-corrected chi connectivity index (χ0v) is 13.1. The molecule has 1 heterocycles. The van der Waals surface area contributed by atoms with Crippen molar-refractivity contribution in [3.63, 3.8) is 0 Å². The highest BCUT2D eigenvalue weighted by Gasteiger charge is 2.16. The predicted molar refractivity (Wildman–Crippen MR) is 84.2 cm³/mol. The van der Waals surface area contributed by atoms with Gasteiger partial charge in [-0.25, -0.2) is 9.97 Å². The Morgan fingerprint density at radius 1 is 1.10 bits per heavy atom. The van der Waals surface area contributed by atoms with Crippen LogP contribution in [0.4, 0.5) is 5.82 Å². The minimum Gasteiger partial charge on any atom is -0.493 e. The molecule has 21 heavy (non-hydrogen) atoms. The number of nitrogens with one attached hydrogen (secondary N) is 1. The van der Waals surface area contributed by atoms with E-state index < -0.39 is 0 Å². The van der Waals surface area contributed by atoms with Gasteiger partial charge in [-0.3, -0.25) is 0 Å². The summed E-state index contributed by atoms with van der Waals surface area (Å²) in [7, 11) is 5.08. The Morgan fingerprint density at radius 3 is 2.43 bits per heavy atom. The first kappa shape index (κ1) is 15.1. The van der Waals surface area contributed by atoms with Gasteiger partial charge in [0.1, 0.15) is 5.82 Å². The summed E-state index contributed by atoms with van der Waals surface area (Å²) >= 11 is 0. The highest BCUT2D eigenvalue weighted by molar-refractivity contribution is 5.69. The van der Waals surface area contributed by atoms with Crippen LogP contribution >= 0.6 is 0 Å². The third-order valence-electron chi connectivity index (χ3n) is 3.24. The Hall–Kier alpha value is -2.30. The van der Waals surface area contributed by atoms with Crippen LogP contribution in [-0.2, 0) is 0 Å². The first-order valence-electron chi connectivity index (χ1n) is 6.88.